The fourth-order valence-electron chi connectivity index (χ4n) is 2.34. The van der Waals surface area contributed by atoms with E-state index < -0.39 is 8.32 Å². The third-order valence-electron chi connectivity index (χ3n) is 5.19. The van der Waals surface area contributed by atoms with Gasteiger partial charge in [-0.05, 0) is 56.5 Å². The number of nitrogens with one attached hydrogen (secondary N) is 1. The highest BCUT2D eigenvalue weighted by Gasteiger charge is 2.38. The van der Waals surface area contributed by atoms with Gasteiger partial charge in [0, 0.05) is 24.3 Å². The molecule has 24 heavy (non-hydrogen) atoms. The Morgan fingerprint density at radius 3 is 2.58 bits per heavy atom. The van der Waals surface area contributed by atoms with E-state index in [1.807, 2.05) is 6.20 Å². The fraction of sp³-hybridized carbons (Fsp3) is 0.737. The van der Waals surface area contributed by atoms with E-state index in [1.165, 1.54) is 18.4 Å². The molecule has 0 bridgehead atoms. The minimum absolute atomic E-state index is 0.0698. The van der Waals surface area contributed by atoms with Crippen molar-refractivity contribution in [2.24, 2.45) is 0 Å². The highest BCUT2D eigenvalue weighted by Crippen LogP contribution is 2.37. The molecule has 1 saturated carbocycles. The molecule has 0 aliphatic heterocycles. The summed E-state index contributed by atoms with van der Waals surface area (Å²) in [5, 5.41) is 3.76. The average molecular weight is 351 g/mol. The first-order valence-electron chi connectivity index (χ1n) is 9.08. The fourth-order valence-corrected chi connectivity index (χ4v) is 3.77. The van der Waals surface area contributed by atoms with Gasteiger partial charge in [-0.15, -0.1) is 0 Å². The van der Waals surface area contributed by atoms with Gasteiger partial charge in [0.2, 0.25) is 5.88 Å². The monoisotopic (exact) mass is 350 g/mol. The van der Waals surface area contributed by atoms with Crippen LogP contribution in [-0.4, -0.2) is 32.1 Å². The Bertz CT molecular complexity index is 551. The van der Waals surface area contributed by atoms with Crippen LogP contribution in [0.4, 0.5) is 0 Å². The predicted molar refractivity (Wildman–Crippen MR) is 102 cm³/mol. The summed E-state index contributed by atoms with van der Waals surface area (Å²) in [5.74, 6) is 0.732. The van der Waals surface area contributed by atoms with Crippen LogP contribution in [0, 0.1) is 6.92 Å². The van der Waals surface area contributed by atoms with E-state index in [0.717, 1.165) is 18.0 Å². The highest BCUT2D eigenvalue weighted by atomic mass is 28.4. The molecule has 1 aromatic heterocycles. The molecule has 0 radical (unpaired) electrons. The van der Waals surface area contributed by atoms with Gasteiger partial charge in [0.1, 0.15) is 6.61 Å². The first kappa shape index (κ1) is 19.4. The molecule has 0 saturated heterocycles. The molecule has 0 spiro atoms. The van der Waals surface area contributed by atoms with Gasteiger partial charge in [0.25, 0.3) is 0 Å². The van der Waals surface area contributed by atoms with E-state index in [1.54, 1.807) is 0 Å². The minimum Gasteiger partial charge on any atom is -0.475 e. The Hall–Kier alpha value is -0.913. The number of nitrogens with zero attached hydrogens (tertiary/aromatic N) is 1. The van der Waals surface area contributed by atoms with E-state index in [4.69, 9.17) is 9.16 Å². The number of pyridine rings is 1. The van der Waals surface area contributed by atoms with Crippen molar-refractivity contribution in [3.63, 3.8) is 0 Å². The summed E-state index contributed by atoms with van der Waals surface area (Å²) < 4.78 is 12.3. The lowest BCUT2D eigenvalue weighted by Gasteiger charge is -2.38. The number of aromatic nitrogens is 1. The molecule has 136 valence electrons. The van der Waals surface area contributed by atoms with Gasteiger partial charge < -0.3 is 14.5 Å². The Morgan fingerprint density at radius 1 is 1.33 bits per heavy atom. The summed E-state index contributed by atoms with van der Waals surface area (Å²) in [5.41, 5.74) is 2.40. The Kier molecular flexibility index (Phi) is 6.10. The van der Waals surface area contributed by atoms with Gasteiger partial charge in [-0.1, -0.05) is 20.8 Å². The van der Waals surface area contributed by atoms with Crippen molar-refractivity contribution in [1.82, 2.24) is 10.3 Å². The zero-order chi connectivity index (χ0) is 18.0. The predicted octanol–water partition coefficient (Wildman–Crippen LogP) is 4.43. The van der Waals surface area contributed by atoms with Crippen molar-refractivity contribution < 1.29 is 9.16 Å². The van der Waals surface area contributed by atoms with Gasteiger partial charge in [-0.3, -0.25) is 0 Å². The summed E-state index contributed by atoms with van der Waals surface area (Å²) >= 11 is 0. The van der Waals surface area contributed by atoms with Gasteiger partial charge in [0.15, 0.2) is 8.32 Å². The van der Waals surface area contributed by atoms with E-state index in [0.29, 0.717) is 12.6 Å². The normalized spacial score (nSPS) is 17.0. The second-order valence-electron chi connectivity index (χ2n) is 8.56. The summed E-state index contributed by atoms with van der Waals surface area (Å²) in [6.07, 6.45) is 4.51. The zero-order valence-electron chi connectivity index (χ0n) is 16.4. The smallest absolute Gasteiger partial charge is 0.216 e. The Morgan fingerprint density at radius 2 is 2.00 bits per heavy atom. The molecule has 1 aromatic rings. The van der Waals surface area contributed by atoms with Crippen LogP contribution in [0.2, 0.25) is 18.1 Å². The van der Waals surface area contributed by atoms with Crippen molar-refractivity contribution in [3.8, 4) is 5.88 Å². The summed E-state index contributed by atoms with van der Waals surface area (Å²) in [7, 11) is -1.76. The van der Waals surface area contributed by atoms with Crippen molar-refractivity contribution in [3.05, 3.63) is 23.4 Å². The molecule has 1 fully saturated rings. The zero-order valence-corrected chi connectivity index (χ0v) is 17.4. The van der Waals surface area contributed by atoms with E-state index in [9.17, 15) is 0 Å². The molecule has 4 nitrogen and oxygen atoms in total. The van der Waals surface area contributed by atoms with Crippen LogP contribution in [0.25, 0.3) is 0 Å². The molecule has 1 N–H and O–H groups in total. The van der Waals surface area contributed by atoms with Gasteiger partial charge in [-0.2, -0.15) is 0 Å². The molecule has 1 aliphatic carbocycles. The highest BCUT2D eigenvalue weighted by molar-refractivity contribution is 6.74. The Labute approximate surface area is 148 Å². The molecule has 1 atom stereocenters. The van der Waals surface area contributed by atoms with Crippen LogP contribution < -0.4 is 10.1 Å². The summed E-state index contributed by atoms with van der Waals surface area (Å²) in [6, 6.07) is 2.78. The topological polar surface area (TPSA) is 43.4 Å². The number of hydrogen-bond acceptors (Lipinski definition) is 4. The maximum absolute atomic E-state index is 6.36. The van der Waals surface area contributed by atoms with E-state index >= 15 is 0 Å². The lowest BCUT2D eigenvalue weighted by molar-refractivity contribution is 0.126. The SMILES string of the molecule is Cc1c(CNC2CC2)ccnc1OCC(C)O[Si](C)(C)C(C)(C)C. The maximum atomic E-state index is 6.36. The molecule has 1 heterocycles. The third-order valence-corrected chi connectivity index (χ3v) is 9.79. The van der Waals surface area contributed by atoms with Crippen LogP contribution in [0.3, 0.4) is 0 Å². The first-order valence-corrected chi connectivity index (χ1v) is 12.0. The molecular weight excluding hydrogens is 316 g/mol. The van der Waals surface area contributed by atoms with Crippen LogP contribution >= 0.6 is 0 Å². The van der Waals surface area contributed by atoms with Crippen molar-refractivity contribution in [2.45, 2.75) is 84.3 Å². The standard InChI is InChI=1S/C19H34N2O2Si/c1-14(23-24(6,7)19(3,4)5)13-22-18-15(2)16(10-11-20-18)12-21-17-8-9-17/h10-11,14,17,21H,8-9,12-13H2,1-7H3. The average Bonchev–Trinajstić information content (AvgIpc) is 3.27. The Balaban J connectivity index is 1.90. The van der Waals surface area contributed by atoms with Crippen LogP contribution in [0.5, 0.6) is 5.88 Å². The van der Waals surface area contributed by atoms with Crippen molar-refractivity contribution >= 4 is 8.32 Å². The number of ether oxygens (including phenoxy) is 1. The van der Waals surface area contributed by atoms with Crippen molar-refractivity contribution in [2.75, 3.05) is 6.61 Å². The van der Waals surface area contributed by atoms with Crippen LogP contribution in [-0.2, 0) is 11.0 Å². The second kappa shape index (κ2) is 7.54. The molecule has 0 amide bonds. The van der Waals surface area contributed by atoms with Crippen molar-refractivity contribution in [1.29, 1.82) is 0 Å². The molecule has 2 rings (SSSR count). The summed E-state index contributed by atoms with van der Waals surface area (Å²) in [6.45, 7) is 16.9. The summed E-state index contributed by atoms with van der Waals surface area (Å²) in [4.78, 5) is 4.40. The minimum atomic E-state index is -1.76. The molecular formula is C19H34N2O2Si. The number of rotatable bonds is 8. The second-order valence-corrected chi connectivity index (χ2v) is 13.3. The lowest BCUT2D eigenvalue weighted by Crippen LogP contribution is -2.44. The van der Waals surface area contributed by atoms with Gasteiger partial charge in [0.05, 0.1) is 6.10 Å². The molecule has 1 unspecified atom stereocenters. The van der Waals surface area contributed by atoms with Gasteiger partial charge in [-0.25, -0.2) is 4.98 Å². The van der Waals surface area contributed by atoms with E-state index in [-0.39, 0.29) is 11.1 Å². The largest absolute Gasteiger partial charge is 0.475 e. The molecule has 0 aromatic carbocycles. The third kappa shape index (κ3) is 5.29. The van der Waals surface area contributed by atoms with Crippen LogP contribution in [0.1, 0.15) is 51.7 Å². The molecule has 5 heteroatoms. The maximum Gasteiger partial charge on any atom is 0.216 e. The number of hydrogen-bond donors (Lipinski definition) is 1. The first-order chi connectivity index (χ1) is 11.1. The van der Waals surface area contributed by atoms with Gasteiger partial charge >= 0.3 is 0 Å². The van der Waals surface area contributed by atoms with E-state index in [2.05, 4.69) is 64.1 Å². The lowest BCUT2D eigenvalue weighted by atomic mass is 10.1. The van der Waals surface area contributed by atoms with Crippen LogP contribution in [0.15, 0.2) is 12.3 Å². The quantitative estimate of drug-likeness (QED) is 0.704. The molecule has 1 aliphatic rings.